The van der Waals surface area contributed by atoms with Crippen molar-refractivity contribution in [2.75, 3.05) is 0 Å². The summed E-state index contributed by atoms with van der Waals surface area (Å²) in [6, 6.07) is 7.38. The average Bonchev–Trinajstić information content (AvgIpc) is 2.29. The molecule has 1 aromatic carbocycles. The lowest BCUT2D eigenvalue weighted by Gasteiger charge is -2.20. The van der Waals surface area contributed by atoms with Gasteiger partial charge in [-0.3, -0.25) is 9.59 Å². The van der Waals surface area contributed by atoms with Crippen LogP contribution in [0.2, 0.25) is 0 Å². The van der Waals surface area contributed by atoms with Gasteiger partial charge in [-0.05, 0) is 18.9 Å². The van der Waals surface area contributed by atoms with Crippen molar-refractivity contribution in [2.24, 2.45) is 5.92 Å². The van der Waals surface area contributed by atoms with E-state index in [1.165, 1.54) is 0 Å². The van der Waals surface area contributed by atoms with E-state index in [9.17, 15) is 9.59 Å². The largest absolute Gasteiger partial charge is 0.303 e. The summed E-state index contributed by atoms with van der Waals surface area (Å²) in [5.41, 5.74) is 1.92. The molecule has 2 rings (SSSR count). The van der Waals surface area contributed by atoms with Crippen molar-refractivity contribution in [3.8, 4) is 0 Å². The summed E-state index contributed by atoms with van der Waals surface area (Å²) in [7, 11) is 0. The number of ketones is 2. The third-order valence-electron chi connectivity index (χ3n) is 3.14. The number of Topliss-reactive ketones (excluding diaryl/α,β-unsaturated/α-hetero) is 2. The van der Waals surface area contributed by atoms with Gasteiger partial charge in [0.1, 0.15) is 17.5 Å². The Balaban J connectivity index is 2.27. The van der Waals surface area contributed by atoms with Crippen LogP contribution in [0, 0.1) is 18.3 Å². The van der Waals surface area contributed by atoms with Gasteiger partial charge in [-0.15, -0.1) is 0 Å². The van der Waals surface area contributed by atoms with E-state index < -0.39 is 5.92 Å². The summed E-state index contributed by atoms with van der Waals surface area (Å²) in [6.07, 6.45) is 1.48. The number of carbonyl (C=O) groups is 2. The highest BCUT2D eigenvalue weighted by atomic mass is 16.2. The van der Waals surface area contributed by atoms with Crippen LogP contribution in [0.15, 0.2) is 24.3 Å². The van der Waals surface area contributed by atoms with Crippen LogP contribution in [0.5, 0.6) is 0 Å². The summed E-state index contributed by atoms with van der Waals surface area (Å²) in [5.74, 6) is -1.04. The van der Waals surface area contributed by atoms with Gasteiger partial charge in [-0.2, -0.15) is 0 Å². The molecule has 0 aromatic heterocycles. The maximum Gasteiger partial charge on any atom is 0.149 e. The minimum absolute atomic E-state index is 0.105. The number of hydrogen-bond acceptors (Lipinski definition) is 3. The molecule has 0 unspecified atom stereocenters. The quantitative estimate of drug-likeness (QED) is 0.625. The molecule has 1 saturated carbocycles. The summed E-state index contributed by atoms with van der Waals surface area (Å²) in [6.45, 7) is 1.96. The van der Waals surface area contributed by atoms with E-state index in [1.807, 2.05) is 19.1 Å². The molecule has 1 aliphatic carbocycles. The molecule has 88 valence electrons. The van der Waals surface area contributed by atoms with Gasteiger partial charge in [0, 0.05) is 12.8 Å². The third kappa shape index (κ3) is 2.33. The van der Waals surface area contributed by atoms with E-state index in [0.29, 0.717) is 24.8 Å². The van der Waals surface area contributed by atoms with Crippen LogP contribution in [-0.2, 0) is 9.59 Å². The first-order chi connectivity index (χ1) is 8.09. The van der Waals surface area contributed by atoms with Gasteiger partial charge >= 0.3 is 0 Å². The number of carbonyl (C=O) groups excluding carboxylic acids is 2. The first-order valence-electron chi connectivity index (χ1n) is 5.80. The van der Waals surface area contributed by atoms with E-state index in [2.05, 4.69) is 0 Å². The fourth-order valence-corrected chi connectivity index (χ4v) is 2.13. The van der Waals surface area contributed by atoms with Crippen LogP contribution in [0.1, 0.15) is 30.4 Å². The lowest BCUT2D eigenvalue weighted by molar-refractivity contribution is -0.132. The smallest absolute Gasteiger partial charge is 0.149 e. The fraction of sp³-hybridized carbons (Fsp3) is 0.357. The Morgan fingerprint density at radius 2 is 1.65 bits per heavy atom. The van der Waals surface area contributed by atoms with Crippen LogP contribution in [0.3, 0.4) is 0 Å². The monoisotopic (exact) mass is 229 g/mol. The van der Waals surface area contributed by atoms with Crippen molar-refractivity contribution < 1.29 is 9.59 Å². The van der Waals surface area contributed by atoms with Crippen LogP contribution in [0.25, 0.3) is 0 Å². The molecule has 0 spiro atoms. The van der Waals surface area contributed by atoms with Gasteiger partial charge < -0.3 is 5.41 Å². The van der Waals surface area contributed by atoms with Crippen LogP contribution in [-0.4, -0.2) is 17.3 Å². The molecule has 1 aromatic rings. The van der Waals surface area contributed by atoms with E-state index in [-0.39, 0.29) is 17.3 Å². The number of nitrogens with one attached hydrogen (secondary N) is 1. The molecule has 1 fully saturated rings. The van der Waals surface area contributed by atoms with Crippen LogP contribution < -0.4 is 0 Å². The van der Waals surface area contributed by atoms with Crippen LogP contribution in [0.4, 0.5) is 0 Å². The number of benzene rings is 1. The predicted octanol–water partition coefficient (Wildman–Crippen LogP) is 2.30. The maximum absolute atomic E-state index is 11.7. The number of hydrogen-bond donors (Lipinski definition) is 1. The molecule has 0 heterocycles. The molecule has 0 radical (unpaired) electrons. The Bertz CT molecular complexity index is 458. The zero-order chi connectivity index (χ0) is 12.4. The highest BCUT2D eigenvalue weighted by Gasteiger charge is 2.33. The van der Waals surface area contributed by atoms with E-state index in [0.717, 1.165) is 5.56 Å². The maximum atomic E-state index is 11.7. The summed E-state index contributed by atoms with van der Waals surface area (Å²) >= 11 is 0. The summed E-state index contributed by atoms with van der Waals surface area (Å²) < 4.78 is 0. The molecule has 3 heteroatoms. The third-order valence-corrected chi connectivity index (χ3v) is 3.14. The Morgan fingerprint density at radius 1 is 1.12 bits per heavy atom. The molecule has 0 aliphatic heterocycles. The summed E-state index contributed by atoms with van der Waals surface area (Å²) in [5, 5.41) is 8.01. The lowest BCUT2D eigenvalue weighted by Crippen LogP contribution is -2.35. The molecule has 0 atom stereocenters. The minimum atomic E-state index is -0.827. The van der Waals surface area contributed by atoms with Crippen molar-refractivity contribution >= 4 is 17.3 Å². The average molecular weight is 229 g/mol. The Hall–Kier alpha value is -1.77. The van der Waals surface area contributed by atoms with E-state index in [1.54, 1.807) is 12.1 Å². The number of rotatable bonds is 2. The van der Waals surface area contributed by atoms with E-state index in [4.69, 9.17) is 5.41 Å². The van der Waals surface area contributed by atoms with Gasteiger partial charge in [-0.25, -0.2) is 0 Å². The molecule has 1 aliphatic rings. The van der Waals surface area contributed by atoms with Crippen molar-refractivity contribution in [2.45, 2.75) is 26.2 Å². The second-order valence-electron chi connectivity index (χ2n) is 4.50. The molecule has 0 amide bonds. The Kier molecular flexibility index (Phi) is 3.18. The SMILES string of the molecule is Cc1ccc(C(=N)C2C(=O)CCCC2=O)cc1. The highest BCUT2D eigenvalue weighted by Crippen LogP contribution is 2.21. The van der Waals surface area contributed by atoms with Gasteiger partial charge in [-0.1, -0.05) is 29.8 Å². The normalized spacial score (nSPS) is 17.2. The van der Waals surface area contributed by atoms with Crippen molar-refractivity contribution in [1.82, 2.24) is 0 Å². The number of aryl methyl sites for hydroxylation is 1. The Labute approximate surface area is 100 Å². The zero-order valence-corrected chi connectivity index (χ0v) is 9.82. The first kappa shape index (κ1) is 11.7. The molecule has 17 heavy (non-hydrogen) atoms. The fourth-order valence-electron chi connectivity index (χ4n) is 2.13. The Morgan fingerprint density at radius 3 is 2.18 bits per heavy atom. The van der Waals surface area contributed by atoms with Gasteiger partial charge in [0.05, 0.1) is 5.71 Å². The topological polar surface area (TPSA) is 58.0 Å². The first-order valence-corrected chi connectivity index (χ1v) is 5.80. The molecule has 3 nitrogen and oxygen atoms in total. The second-order valence-corrected chi connectivity index (χ2v) is 4.50. The van der Waals surface area contributed by atoms with Crippen LogP contribution >= 0.6 is 0 Å². The molecular formula is C14H15NO2. The predicted molar refractivity (Wildman–Crippen MR) is 65.4 cm³/mol. The molecule has 0 bridgehead atoms. The van der Waals surface area contributed by atoms with E-state index >= 15 is 0 Å². The van der Waals surface area contributed by atoms with Crippen molar-refractivity contribution in [3.63, 3.8) is 0 Å². The summed E-state index contributed by atoms with van der Waals surface area (Å²) in [4.78, 5) is 23.4. The molecule has 0 saturated heterocycles. The van der Waals surface area contributed by atoms with Crippen molar-refractivity contribution in [1.29, 1.82) is 5.41 Å². The zero-order valence-electron chi connectivity index (χ0n) is 9.82. The molecular weight excluding hydrogens is 214 g/mol. The van der Waals surface area contributed by atoms with Crippen molar-refractivity contribution in [3.05, 3.63) is 35.4 Å². The van der Waals surface area contributed by atoms with Gasteiger partial charge in [0.2, 0.25) is 0 Å². The molecule has 1 N–H and O–H groups in total. The lowest BCUT2D eigenvalue weighted by atomic mass is 9.81. The van der Waals surface area contributed by atoms with Gasteiger partial charge in [0.15, 0.2) is 0 Å². The minimum Gasteiger partial charge on any atom is -0.303 e. The van der Waals surface area contributed by atoms with Gasteiger partial charge in [0.25, 0.3) is 0 Å². The second kappa shape index (κ2) is 4.62. The standard InChI is InChI=1S/C14H15NO2/c1-9-5-7-10(8-6-9)14(15)13-11(16)3-2-4-12(13)17/h5-8,13,15H,2-4H2,1H3. The highest BCUT2D eigenvalue weighted by molar-refractivity contribution is 6.25.